The third kappa shape index (κ3) is 4.90. The van der Waals surface area contributed by atoms with E-state index < -0.39 is 23.4 Å². The number of hydrogen-bond donors (Lipinski definition) is 2. The second-order valence-corrected chi connectivity index (χ2v) is 6.25. The molecule has 0 spiro atoms. The van der Waals surface area contributed by atoms with Gasteiger partial charge in [-0.1, -0.05) is 12.1 Å². The lowest BCUT2D eigenvalue weighted by Gasteiger charge is -2.08. The van der Waals surface area contributed by atoms with Crippen LogP contribution in [0, 0.1) is 11.6 Å². The molecule has 7 heteroatoms. The minimum atomic E-state index is -1.07. The lowest BCUT2D eigenvalue weighted by atomic mass is 10.1. The van der Waals surface area contributed by atoms with Crippen molar-refractivity contribution < 1.29 is 23.2 Å². The van der Waals surface area contributed by atoms with Gasteiger partial charge in [0, 0.05) is 34.1 Å². The van der Waals surface area contributed by atoms with Crippen molar-refractivity contribution in [3.05, 3.63) is 95.1 Å². The zero-order valence-corrected chi connectivity index (χ0v) is 15.3. The number of anilines is 2. The van der Waals surface area contributed by atoms with Gasteiger partial charge in [0.05, 0.1) is 0 Å². The van der Waals surface area contributed by atoms with Crippen molar-refractivity contribution >= 4 is 29.0 Å². The van der Waals surface area contributed by atoms with Crippen LogP contribution in [0.4, 0.5) is 20.2 Å². The summed E-state index contributed by atoms with van der Waals surface area (Å²) in [4.78, 5) is 36.0. The minimum absolute atomic E-state index is 0.112. The fourth-order valence-corrected chi connectivity index (χ4v) is 2.57. The van der Waals surface area contributed by atoms with E-state index in [1.807, 2.05) is 0 Å². The molecule has 0 radical (unpaired) electrons. The van der Waals surface area contributed by atoms with Crippen molar-refractivity contribution in [3.63, 3.8) is 0 Å². The van der Waals surface area contributed by atoms with Gasteiger partial charge in [-0.05, 0) is 55.5 Å². The van der Waals surface area contributed by atoms with Gasteiger partial charge >= 0.3 is 0 Å². The molecule has 0 aromatic heterocycles. The Morgan fingerprint density at radius 2 is 1.21 bits per heavy atom. The Balaban J connectivity index is 1.68. The first-order valence-electron chi connectivity index (χ1n) is 8.62. The van der Waals surface area contributed by atoms with E-state index in [-0.39, 0.29) is 17.0 Å². The lowest BCUT2D eigenvalue weighted by Crippen LogP contribution is -2.14. The summed E-state index contributed by atoms with van der Waals surface area (Å²) in [5.74, 6) is -3.12. The number of hydrogen-bond acceptors (Lipinski definition) is 3. The van der Waals surface area contributed by atoms with Gasteiger partial charge < -0.3 is 10.6 Å². The van der Waals surface area contributed by atoms with Crippen molar-refractivity contribution in [2.45, 2.75) is 6.92 Å². The van der Waals surface area contributed by atoms with Gasteiger partial charge in [0.15, 0.2) is 17.4 Å². The van der Waals surface area contributed by atoms with E-state index in [1.165, 1.54) is 37.3 Å². The molecule has 0 fully saturated rings. The summed E-state index contributed by atoms with van der Waals surface area (Å²) in [6.07, 6.45) is 0. The van der Waals surface area contributed by atoms with Gasteiger partial charge in [0.2, 0.25) is 0 Å². The normalized spacial score (nSPS) is 10.3. The second-order valence-electron chi connectivity index (χ2n) is 6.25. The Hall–Kier alpha value is -3.87. The van der Waals surface area contributed by atoms with Crippen LogP contribution in [0.25, 0.3) is 0 Å². The quantitative estimate of drug-likeness (QED) is 0.618. The molecule has 0 bridgehead atoms. The summed E-state index contributed by atoms with van der Waals surface area (Å²) in [6.45, 7) is 1.44. The van der Waals surface area contributed by atoms with Crippen LogP contribution < -0.4 is 10.6 Å². The fraction of sp³-hybridized carbons (Fsp3) is 0.0455. The highest BCUT2D eigenvalue weighted by molar-refractivity contribution is 6.07. The van der Waals surface area contributed by atoms with Crippen LogP contribution in [0.2, 0.25) is 0 Å². The van der Waals surface area contributed by atoms with Crippen LogP contribution in [0.1, 0.15) is 38.0 Å². The molecule has 3 rings (SSSR count). The number of rotatable bonds is 5. The number of amides is 2. The molecular weight excluding hydrogens is 378 g/mol. The Bertz CT molecular complexity index is 1100. The smallest absolute Gasteiger partial charge is 0.255 e. The number of carbonyl (C=O) groups excluding carboxylic acids is 3. The first kappa shape index (κ1) is 19.9. The molecule has 5 nitrogen and oxygen atoms in total. The van der Waals surface area contributed by atoms with Crippen LogP contribution >= 0.6 is 0 Å². The molecule has 0 aliphatic carbocycles. The Morgan fingerprint density at radius 3 is 1.72 bits per heavy atom. The van der Waals surface area contributed by atoms with E-state index in [9.17, 15) is 23.2 Å². The summed E-state index contributed by atoms with van der Waals surface area (Å²) < 4.78 is 26.2. The van der Waals surface area contributed by atoms with Crippen LogP contribution in [0.15, 0.2) is 66.7 Å². The highest BCUT2D eigenvalue weighted by Gasteiger charge is 2.11. The van der Waals surface area contributed by atoms with E-state index in [1.54, 1.807) is 24.3 Å². The average Bonchev–Trinajstić information content (AvgIpc) is 2.71. The Morgan fingerprint density at radius 1 is 0.655 bits per heavy atom. The topological polar surface area (TPSA) is 75.3 Å². The number of benzene rings is 3. The largest absolute Gasteiger partial charge is 0.322 e. The summed E-state index contributed by atoms with van der Waals surface area (Å²) >= 11 is 0. The monoisotopic (exact) mass is 394 g/mol. The number of halogens is 2. The van der Waals surface area contributed by atoms with Crippen LogP contribution in [-0.4, -0.2) is 17.6 Å². The van der Waals surface area contributed by atoms with E-state index in [2.05, 4.69) is 10.6 Å². The third-order valence-electron chi connectivity index (χ3n) is 4.11. The lowest BCUT2D eigenvalue weighted by molar-refractivity contribution is 0.101. The maximum absolute atomic E-state index is 13.2. The SMILES string of the molecule is CC(=O)c1cccc(NC(=O)c2ccc(C(=O)Nc3ccc(F)c(F)c3)cc2)c1. The highest BCUT2D eigenvalue weighted by Crippen LogP contribution is 2.16. The molecule has 0 saturated carbocycles. The molecule has 2 amide bonds. The summed E-state index contributed by atoms with van der Waals surface area (Å²) in [5.41, 5.74) is 1.61. The maximum atomic E-state index is 13.2. The van der Waals surface area contributed by atoms with Crippen LogP contribution in [0.5, 0.6) is 0 Å². The molecule has 0 saturated heterocycles. The van der Waals surface area contributed by atoms with Gasteiger partial charge in [-0.3, -0.25) is 14.4 Å². The molecule has 0 atom stereocenters. The summed E-state index contributed by atoms with van der Waals surface area (Å²) in [7, 11) is 0. The second kappa shape index (κ2) is 8.43. The fourth-order valence-electron chi connectivity index (χ4n) is 2.57. The molecule has 29 heavy (non-hydrogen) atoms. The minimum Gasteiger partial charge on any atom is -0.322 e. The van der Waals surface area contributed by atoms with Crippen molar-refractivity contribution in [1.29, 1.82) is 0 Å². The van der Waals surface area contributed by atoms with Gasteiger partial charge in [-0.25, -0.2) is 8.78 Å². The predicted octanol–water partition coefficient (Wildman–Crippen LogP) is 4.67. The third-order valence-corrected chi connectivity index (χ3v) is 4.11. The number of carbonyl (C=O) groups is 3. The standard InChI is InChI=1S/C22H16F2N2O3/c1-13(27)16-3-2-4-17(11-16)25-21(28)14-5-7-15(8-6-14)22(29)26-18-9-10-19(23)20(24)12-18/h2-12H,1H3,(H,25,28)(H,26,29). The first-order chi connectivity index (χ1) is 13.8. The van der Waals surface area contributed by atoms with E-state index in [4.69, 9.17) is 0 Å². The average molecular weight is 394 g/mol. The number of ketones is 1. The molecule has 3 aromatic carbocycles. The van der Waals surface area contributed by atoms with Gasteiger partial charge in [-0.15, -0.1) is 0 Å². The summed E-state index contributed by atoms with van der Waals surface area (Å²) in [5, 5.41) is 5.14. The Labute approximate surface area is 165 Å². The first-order valence-corrected chi connectivity index (χ1v) is 8.62. The molecule has 0 aliphatic rings. The van der Waals surface area contributed by atoms with E-state index in [0.29, 0.717) is 16.8 Å². The molecular formula is C22H16F2N2O3. The van der Waals surface area contributed by atoms with E-state index >= 15 is 0 Å². The van der Waals surface area contributed by atoms with Gasteiger partial charge in [-0.2, -0.15) is 0 Å². The van der Waals surface area contributed by atoms with Crippen LogP contribution in [-0.2, 0) is 0 Å². The van der Waals surface area contributed by atoms with Gasteiger partial charge in [0.25, 0.3) is 11.8 Å². The van der Waals surface area contributed by atoms with Crippen molar-refractivity contribution in [2.24, 2.45) is 0 Å². The molecule has 0 unspecified atom stereocenters. The van der Waals surface area contributed by atoms with Crippen LogP contribution in [0.3, 0.4) is 0 Å². The Kier molecular flexibility index (Phi) is 5.78. The predicted molar refractivity (Wildman–Crippen MR) is 105 cm³/mol. The highest BCUT2D eigenvalue weighted by atomic mass is 19.2. The zero-order valence-electron chi connectivity index (χ0n) is 15.3. The molecule has 2 N–H and O–H groups in total. The maximum Gasteiger partial charge on any atom is 0.255 e. The molecule has 3 aromatic rings. The zero-order chi connectivity index (χ0) is 21.0. The van der Waals surface area contributed by atoms with Crippen molar-refractivity contribution in [3.8, 4) is 0 Å². The molecule has 0 heterocycles. The van der Waals surface area contributed by atoms with Gasteiger partial charge in [0.1, 0.15) is 0 Å². The number of Topliss-reactive ketones (excluding diaryl/α,β-unsaturated/α-hetero) is 1. The van der Waals surface area contributed by atoms with Crippen molar-refractivity contribution in [2.75, 3.05) is 10.6 Å². The summed E-state index contributed by atoms with van der Waals surface area (Å²) in [6, 6.07) is 15.4. The molecule has 146 valence electrons. The van der Waals surface area contributed by atoms with E-state index in [0.717, 1.165) is 12.1 Å². The molecule has 0 aliphatic heterocycles. The van der Waals surface area contributed by atoms with Crippen molar-refractivity contribution in [1.82, 2.24) is 0 Å². The number of nitrogens with one attached hydrogen (secondary N) is 2.